The monoisotopic (exact) mass is 315 g/mol. The van der Waals surface area contributed by atoms with Crippen LogP contribution in [0.5, 0.6) is 0 Å². The molecule has 0 spiro atoms. The molecule has 2 atom stereocenters. The molecule has 1 heterocycles. The molecule has 0 saturated heterocycles. The maximum absolute atomic E-state index is 13.1. The molecule has 0 bridgehead atoms. The highest BCUT2D eigenvalue weighted by Crippen LogP contribution is 2.41. The number of nitrogens with one attached hydrogen (secondary N) is 2. The quantitative estimate of drug-likeness (QED) is 0.886. The average molecular weight is 315 g/mol. The van der Waals surface area contributed by atoms with Crippen LogP contribution in [0.25, 0.3) is 0 Å². The van der Waals surface area contributed by atoms with Crippen LogP contribution in [0.4, 0.5) is 4.39 Å². The molecule has 2 aromatic rings. The van der Waals surface area contributed by atoms with Crippen LogP contribution in [0.15, 0.2) is 24.3 Å². The standard InChI is InChI=1S/C18H22FN3O/c1-10(16-11(2)21-22-12(16)3)18(23)20-17(13-4-5-13)14-6-8-15(19)9-7-14/h6-10,13,17H,4-5H2,1-3H3,(H,20,23)(H,21,22)/t10-,17+/m1/s1. The number of rotatable bonds is 5. The molecule has 23 heavy (non-hydrogen) atoms. The first-order valence-corrected chi connectivity index (χ1v) is 8.04. The number of hydrogen-bond donors (Lipinski definition) is 2. The van der Waals surface area contributed by atoms with Crippen molar-refractivity contribution in [2.45, 2.75) is 45.6 Å². The van der Waals surface area contributed by atoms with Crippen LogP contribution in [0.2, 0.25) is 0 Å². The first-order valence-electron chi connectivity index (χ1n) is 8.04. The van der Waals surface area contributed by atoms with Crippen molar-refractivity contribution >= 4 is 5.91 Å². The van der Waals surface area contributed by atoms with Crippen molar-refractivity contribution in [1.82, 2.24) is 15.5 Å². The second-order valence-electron chi connectivity index (χ2n) is 6.44. The van der Waals surface area contributed by atoms with Crippen molar-refractivity contribution < 1.29 is 9.18 Å². The third kappa shape index (κ3) is 3.28. The summed E-state index contributed by atoms with van der Waals surface area (Å²) in [5.74, 6) is -0.0925. The van der Waals surface area contributed by atoms with Gasteiger partial charge in [-0.25, -0.2) is 4.39 Å². The van der Waals surface area contributed by atoms with Gasteiger partial charge in [-0.15, -0.1) is 0 Å². The fourth-order valence-corrected chi connectivity index (χ4v) is 3.18. The molecule has 0 unspecified atom stereocenters. The fraction of sp³-hybridized carbons (Fsp3) is 0.444. The Kier molecular flexibility index (Phi) is 4.20. The minimum atomic E-state index is -0.268. The number of nitrogens with zero attached hydrogens (tertiary/aromatic N) is 1. The van der Waals surface area contributed by atoms with Gasteiger partial charge < -0.3 is 5.32 Å². The van der Waals surface area contributed by atoms with E-state index in [2.05, 4.69) is 15.5 Å². The van der Waals surface area contributed by atoms with Crippen LogP contribution < -0.4 is 5.32 Å². The maximum Gasteiger partial charge on any atom is 0.227 e. The van der Waals surface area contributed by atoms with Gasteiger partial charge in [0.05, 0.1) is 17.7 Å². The largest absolute Gasteiger partial charge is 0.348 e. The lowest BCUT2D eigenvalue weighted by Crippen LogP contribution is -2.33. The van der Waals surface area contributed by atoms with Crippen molar-refractivity contribution in [3.8, 4) is 0 Å². The number of aryl methyl sites for hydroxylation is 2. The summed E-state index contributed by atoms with van der Waals surface area (Å²) in [6.07, 6.45) is 2.20. The fourth-order valence-electron chi connectivity index (χ4n) is 3.18. The minimum absolute atomic E-state index is 0.0150. The van der Waals surface area contributed by atoms with Gasteiger partial charge in [-0.1, -0.05) is 12.1 Å². The van der Waals surface area contributed by atoms with Crippen LogP contribution in [-0.4, -0.2) is 16.1 Å². The zero-order valence-electron chi connectivity index (χ0n) is 13.7. The van der Waals surface area contributed by atoms with Gasteiger partial charge in [0.2, 0.25) is 5.91 Å². The van der Waals surface area contributed by atoms with Gasteiger partial charge in [-0.2, -0.15) is 5.10 Å². The molecule has 1 saturated carbocycles. The first kappa shape index (κ1) is 15.7. The summed E-state index contributed by atoms with van der Waals surface area (Å²) in [6.45, 7) is 5.73. The van der Waals surface area contributed by atoms with E-state index in [0.29, 0.717) is 5.92 Å². The lowest BCUT2D eigenvalue weighted by atomic mass is 9.96. The van der Waals surface area contributed by atoms with E-state index < -0.39 is 0 Å². The summed E-state index contributed by atoms with van der Waals surface area (Å²) in [4.78, 5) is 12.7. The summed E-state index contributed by atoms with van der Waals surface area (Å²) in [5.41, 5.74) is 3.70. The summed E-state index contributed by atoms with van der Waals surface area (Å²) < 4.78 is 13.1. The Balaban J connectivity index is 1.78. The first-order chi connectivity index (χ1) is 11.0. The van der Waals surface area contributed by atoms with Crippen molar-refractivity contribution in [3.63, 3.8) is 0 Å². The average Bonchev–Trinajstić information content (AvgIpc) is 3.31. The minimum Gasteiger partial charge on any atom is -0.348 e. The Morgan fingerprint density at radius 3 is 2.48 bits per heavy atom. The van der Waals surface area contributed by atoms with Crippen LogP contribution in [0.1, 0.15) is 54.2 Å². The molecule has 4 nitrogen and oxygen atoms in total. The van der Waals surface area contributed by atoms with Gasteiger partial charge >= 0.3 is 0 Å². The normalized spacial score (nSPS) is 16.9. The van der Waals surface area contributed by atoms with Gasteiger partial charge in [-0.05, 0) is 57.2 Å². The van der Waals surface area contributed by atoms with Crippen molar-refractivity contribution in [3.05, 3.63) is 52.6 Å². The Labute approximate surface area is 135 Å². The summed E-state index contributed by atoms with van der Waals surface area (Å²) in [6, 6.07) is 6.38. The number of carbonyl (C=O) groups excluding carboxylic acids is 1. The molecular formula is C18H22FN3O. The van der Waals surface area contributed by atoms with E-state index in [0.717, 1.165) is 35.4 Å². The summed E-state index contributed by atoms with van der Waals surface area (Å²) in [7, 11) is 0. The summed E-state index contributed by atoms with van der Waals surface area (Å²) >= 11 is 0. The van der Waals surface area contributed by atoms with Gasteiger partial charge in [0.1, 0.15) is 5.82 Å². The van der Waals surface area contributed by atoms with Crippen LogP contribution in [0, 0.1) is 25.6 Å². The highest BCUT2D eigenvalue weighted by Gasteiger charge is 2.34. The number of hydrogen-bond acceptors (Lipinski definition) is 2. The van der Waals surface area contributed by atoms with E-state index in [4.69, 9.17) is 0 Å². The van der Waals surface area contributed by atoms with Gasteiger partial charge in [0, 0.05) is 11.3 Å². The second-order valence-corrected chi connectivity index (χ2v) is 6.44. The number of aromatic amines is 1. The van der Waals surface area contributed by atoms with Crippen molar-refractivity contribution in [2.75, 3.05) is 0 Å². The highest BCUT2D eigenvalue weighted by molar-refractivity contribution is 5.84. The highest BCUT2D eigenvalue weighted by atomic mass is 19.1. The number of amides is 1. The third-order valence-corrected chi connectivity index (χ3v) is 4.63. The molecule has 0 radical (unpaired) electrons. The van der Waals surface area contributed by atoms with Gasteiger partial charge in [-0.3, -0.25) is 9.89 Å². The van der Waals surface area contributed by atoms with Crippen molar-refractivity contribution in [1.29, 1.82) is 0 Å². The molecule has 122 valence electrons. The topological polar surface area (TPSA) is 57.8 Å². The number of carbonyl (C=O) groups is 1. The van der Waals surface area contributed by atoms with E-state index in [1.54, 1.807) is 12.1 Å². The number of benzene rings is 1. The molecule has 1 aromatic carbocycles. The Morgan fingerprint density at radius 2 is 1.96 bits per heavy atom. The predicted molar refractivity (Wildman–Crippen MR) is 86.5 cm³/mol. The smallest absolute Gasteiger partial charge is 0.227 e. The molecule has 1 amide bonds. The SMILES string of the molecule is Cc1n[nH]c(C)c1[C@@H](C)C(=O)N[C@H](c1ccc(F)cc1)C1CC1. The Hall–Kier alpha value is -2.17. The molecule has 3 rings (SSSR count). The van der Waals surface area contributed by atoms with E-state index in [-0.39, 0.29) is 23.7 Å². The maximum atomic E-state index is 13.1. The number of aromatic nitrogens is 2. The van der Waals surface area contributed by atoms with Gasteiger partial charge in [0.25, 0.3) is 0 Å². The van der Waals surface area contributed by atoms with Crippen LogP contribution in [-0.2, 0) is 4.79 Å². The predicted octanol–water partition coefficient (Wildman–Crippen LogP) is 3.54. The van der Waals surface area contributed by atoms with Crippen LogP contribution >= 0.6 is 0 Å². The molecule has 1 aliphatic rings. The third-order valence-electron chi connectivity index (χ3n) is 4.63. The number of H-pyrrole nitrogens is 1. The van der Waals surface area contributed by atoms with Gasteiger partial charge in [0.15, 0.2) is 0 Å². The van der Waals surface area contributed by atoms with Crippen molar-refractivity contribution in [2.24, 2.45) is 5.92 Å². The number of halogens is 1. The molecule has 1 aromatic heterocycles. The van der Waals surface area contributed by atoms with E-state index in [1.165, 1.54) is 12.1 Å². The Morgan fingerprint density at radius 1 is 1.30 bits per heavy atom. The molecule has 5 heteroatoms. The zero-order valence-corrected chi connectivity index (χ0v) is 13.7. The van der Waals surface area contributed by atoms with E-state index >= 15 is 0 Å². The second kappa shape index (κ2) is 6.14. The summed E-state index contributed by atoms with van der Waals surface area (Å²) in [5, 5.41) is 10.2. The lowest BCUT2D eigenvalue weighted by molar-refractivity contribution is -0.123. The molecule has 1 aliphatic carbocycles. The van der Waals surface area contributed by atoms with E-state index in [1.807, 2.05) is 20.8 Å². The Bertz CT molecular complexity index is 684. The molecular weight excluding hydrogens is 293 g/mol. The lowest BCUT2D eigenvalue weighted by Gasteiger charge is -2.21. The molecule has 1 fully saturated rings. The van der Waals surface area contributed by atoms with E-state index in [9.17, 15) is 9.18 Å². The molecule has 0 aliphatic heterocycles. The van der Waals surface area contributed by atoms with Crippen LogP contribution in [0.3, 0.4) is 0 Å². The zero-order chi connectivity index (χ0) is 16.6. The molecule has 2 N–H and O–H groups in total.